The number of ether oxygens (including phenoxy) is 1. The van der Waals surface area contributed by atoms with Gasteiger partial charge in [0, 0.05) is 16.8 Å². The highest BCUT2D eigenvalue weighted by molar-refractivity contribution is 5.74. The number of anilines is 1. The third-order valence-electron chi connectivity index (χ3n) is 2.64. The SMILES string of the molecule is COc1ccc(N)cc1-c1cc(C)ccc1F. The van der Waals surface area contributed by atoms with Crippen molar-refractivity contribution in [1.29, 1.82) is 0 Å². The number of aryl methyl sites for hydroxylation is 1. The summed E-state index contributed by atoms with van der Waals surface area (Å²) in [4.78, 5) is 0. The van der Waals surface area contributed by atoms with E-state index in [1.165, 1.54) is 6.07 Å². The quantitative estimate of drug-likeness (QED) is 0.804. The molecule has 0 saturated heterocycles. The Balaban J connectivity index is 2.66. The highest BCUT2D eigenvalue weighted by atomic mass is 19.1. The minimum absolute atomic E-state index is 0.278. The minimum Gasteiger partial charge on any atom is -0.496 e. The number of halogens is 1. The van der Waals surface area contributed by atoms with Crippen LogP contribution in [0.1, 0.15) is 5.56 Å². The molecule has 88 valence electrons. The lowest BCUT2D eigenvalue weighted by molar-refractivity contribution is 0.416. The summed E-state index contributed by atoms with van der Waals surface area (Å²) in [6.07, 6.45) is 0. The molecule has 2 rings (SSSR count). The van der Waals surface area contributed by atoms with E-state index in [-0.39, 0.29) is 5.82 Å². The van der Waals surface area contributed by atoms with Crippen LogP contribution in [0.2, 0.25) is 0 Å². The number of rotatable bonds is 2. The number of nitrogens with two attached hydrogens (primary N) is 1. The second kappa shape index (κ2) is 4.45. The molecule has 2 aromatic rings. The molecule has 0 atom stereocenters. The number of methoxy groups -OCH3 is 1. The van der Waals surface area contributed by atoms with E-state index in [1.807, 2.05) is 6.92 Å². The van der Waals surface area contributed by atoms with Gasteiger partial charge in [-0.2, -0.15) is 0 Å². The summed E-state index contributed by atoms with van der Waals surface area (Å²) in [5, 5.41) is 0. The van der Waals surface area contributed by atoms with Gasteiger partial charge in [0.2, 0.25) is 0 Å². The zero-order valence-electron chi connectivity index (χ0n) is 9.83. The van der Waals surface area contributed by atoms with Gasteiger partial charge in [-0.1, -0.05) is 11.6 Å². The first-order valence-corrected chi connectivity index (χ1v) is 5.32. The number of hydrogen-bond donors (Lipinski definition) is 1. The fraction of sp³-hybridized carbons (Fsp3) is 0.143. The number of benzene rings is 2. The van der Waals surface area contributed by atoms with Crippen LogP contribution < -0.4 is 10.5 Å². The van der Waals surface area contributed by atoms with E-state index in [1.54, 1.807) is 37.4 Å². The van der Waals surface area contributed by atoms with E-state index in [9.17, 15) is 4.39 Å². The maximum atomic E-state index is 13.8. The Morgan fingerprint density at radius 3 is 2.53 bits per heavy atom. The molecule has 0 unspecified atom stereocenters. The van der Waals surface area contributed by atoms with Crippen molar-refractivity contribution < 1.29 is 9.13 Å². The first-order valence-electron chi connectivity index (χ1n) is 5.32. The van der Waals surface area contributed by atoms with E-state index < -0.39 is 0 Å². The second-order valence-corrected chi connectivity index (χ2v) is 3.94. The van der Waals surface area contributed by atoms with Crippen molar-refractivity contribution in [3.8, 4) is 16.9 Å². The molecule has 0 amide bonds. The second-order valence-electron chi connectivity index (χ2n) is 3.94. The van der Waals surface area contributed by atoms with Crippen molar-refractivity contribution >= 4 is 5.69 Å². The van der Waals surface area contributed by atoms with E-state index in [0.29, 0.717) is 22.6 Å². The maximum absolute atomic E-state index is 13.8. The number of hydrogen-bond acceptors (Lipinski definition) is 2. The molecule has 0 saturated carbocycles. The van der Waals surface area contributed by atoms with Gasteiger partial charge in [-0.25, -0.2) is 4.39 Å². The monoisotopic (exact) mass is 231 g/mol. The predicted octanol–water partition coefficient (Wildman–Crippen LogP) is 3.39. The topological polar surface area (TPSA) is 35.2 Å². The van der Waals surface area contributed by atoms with Gasteiger partial charge < -0.3 is 10.5 Å². The Bertz CT molecular complexity index is 552. The molecule has 2 N–H and O–H groups in total. The summed E-state index contributed by atoms with van der Waals surface area (Å²) >= 11 is 0. The van der Waals surface area contributed by atoms with Crippen LogP contribution in [0.5, 0.6) is 5.75 Å². The highest BCUT2D eigenvalue weighted by Gasteiger charge is 2.11. The lowest BCUT2D eigenvalue weighted by atomic mass is 10.0. The minimum atomic E-state index is -0.278. The molecule has 0 heterocycles. The first-order chi connectivity index (χ1) is 8.11. The normalized spacial score (nSPS) is 10.3. The van der Waals surface area contributed by atoms with Crippen LogP contribution in [0.4, 0.5) is 10.1 Å². The van der Waals surface area contributed by atoms with Gasteiger partial charge in [-0.15, -0.1) is 0 Å². The first kappa shape index (κ1) is 11.5. The van der Waals surface area contributed by atoms with E-state index in [0.717, 1.165) is 5.56 Å². The molecule has 0 aliphatic rings. The molecule has 0 aliphatic heterocycles. The third-order valence-corrected chi connectivity index (χ3v) is 2.64. The summed E-state index contributed by atoms with van der Waals surface area (Å²) < 4.78 is 19.0. The van der Waals surface area contributed by atoms with Gasteiger partial charge in [0.05, 0.1) is 7.11 Å². The Morgan fingerprint density at radius 2 is 1.82 bits per heavy atom. The van der Waals surface area contributed by atoms with Crippen LogP contribution in [-0.4, -0.2) is 7.11 Å². The lowest BCUT2D eigenvalue weighted by Gasteiger charge is -2.11. The van der Waals surface area contributed by atoms with Crippen molar-refractivity contribution in [2.45, 2.75) is 6.92 Å². The average molecular weight is 231 g/mol. The average Bonchev–Trinajstić information content (AvgIpc) is 2.32. The van der Waals surface area contributed by atoms with Crippen LogP contribution in [0.25, 0.3) is 11.1 Å². The van der Waals surface area contributed by atoms with Crippen LogP contribution in [-0.2, 0) is 0 Å². The molecular weight excluding hydrogens is 217 g/mol. The zero-order valence-corrected chi connectivity index (χ0v) is 9.83. The Kier molecular flexibility index (Phi) is 3.00. The summed E-state index contributed by atoms with van der Waals surface area (Å²) in [5.74, 6) is 0.336. The van der Waals surface area contributed by atoms with Crippen LogP contribution in [0.3, 0.4) is 0 Å². The maximum Gasteiger partial charge on any atom is 0.131 e. The van der Waals surface area contributed by atoms with E-state index in [4.69, 9.17) is 10.5 Å². The number of nitrogen functional groups attached to an aromatic ring is 1. The van der Waals surface area contributed by atoms with Crippen LogP contribution in [0.15, 0.2) is 36.4 Å². The molecule has 2 aromatic carbocycles. The van der Waals surface area contributed by atoms with E-state index in [2.05, 4.69) is 0 Å². The van der Waals surface area contributed by atoms with Gasteiger partial charge in [-0.05, 0) is 37.3 Å². The third kappa shape index (κ3) is 2.23. The van der Waals surface area contributed by atoms with Crippen molar-refractivity contribution in [2.24, 2.45) is 0 Å². The van der Waals surface area contributed by atoms with Crippen molar-refractivity contribution in [3.63, 3.8) is 0 Å². The summed E-state index contributed by atoms with van der Waals surface area (Å²) in [6, 6.07) is 10.2. The fourth-order valence-corrected chi connectivity index (χ4v) is 1.78. The van der Waals surface area contributed by atoms with Gasteiger partial charge in [-0.3, -0.25) is 0 Å². The van der Waals surface area contributed by atoms with Crippen molar-refractivity contribution in [2.75, 3.05) is 12.8 Å². The standard InChI is InChI=1S/C14H14FNO/c1-9-3-5-13(15)11(7-9)12-8-10(16)4-6-14(12)17-2/h3-8H,16H2,1-2H3. The summed E-state index contributed by atoms with van der Waals surface area (Å²) in [5.41, 5.74) is 8.49. The Morgan fingerprint density at radius 1 is 1.06 bits per heavy atom. The molecule has 0 aliphatic carbocycles. The predicted molar refractivity (Wildman–Crippen MR) is 67.5 cm³/mol. The fourth-order valence-electron chi connectivity index (χ4n) is 1.78. The zero-order chi connectivity index (χ0) is 12.4. The van der Waals surface area contributed by atoms with Gasteiger partial charge in [0.25, 0.3) is 0 Å². The molecule has 0 spiro atoms. The molecule has 0 fully saturated rings. The summed E-state index contributed by atoms with van der Waals surface area (Å²) in [6.45, 7) is 1.92. The van der Waals surface area contributed by atoms with Crippen molar-refractivity contribution in [3.05, 3.63) is 47.8 Å². The molecule has 17 heavy (non-hydrogen) atoms. The summed E-state index contributed by atoms with van der Waals surface area (Å²) in [7, 11) is 1.56. The van der Waals surface area contributed by atoms with Crippen LogP contribution >= 0.6 is 0 Å². The van der Waals surface area contributed by atoms with Crippen molar-refractivity contribution in [1.82, 2.24) is 0 Å². The van der Waals surface area contributed by atoms with Gasteiger partial charge >= 0.3 is 0 Å². The molecule has 0 aromatic heterocycles. The van der Waals surface area contributed by atoms with Gasteiger partial charge in [0.15, 0.2) is 0 Å². The van der Waals surface area contributed by atoms with Gasteiger partial charge in [0.1, 0.15) is 11.6 Å². The lowest BCUT2D eigenvalue weighted by Crippen LogP contribution is -1.93. The molecule has 0 radical (unpaired) electrons. The largest absolute Gasteiger partial charge is 0.496 e. The molecule has 0 bridgehead atoms. The highest BCUT2D eigenvalue weighted by Crippen LogP contribution is 2.33. The smallest absolute Gasteiger partial charge is 0.131 e. The van der Waals surface area contributed by atoms with E-state index >= 15 is 0 Å². The molecular formula is C14H14FNO. The Hall–Kier alpha value is -2.03. The van der Waals surface area contributed by atoms with Crippen LogP contribution in [0, 0.1) is 12.7 Å². The Labute approximate surface area is 99.8 Å². The molecule has 3 heteroatoms. The molecule has 2 nitrogen and oxygen atoms in total.